The average Bonchev–Trinajstić information content (AvgIpc) is 3.14. The summed E-state index contributed by atoms with van der Waals surface area (Å²) in [5, 5.41) is 0.544. The van der Waals surface area contributed by atoms with Crippen molar-refractivity contribution in [1.82, 2.24) is 0 Å². The summed E-state index contributed by atoms with van der Waals surface area (Å²) >= 11 is 1.43. The number of carbonyl (C=O) groups is 1. The number of thioether (sulfide) groups is 1. The Labute approximate surface area is 176 Å². The van der Waals surface area contributed by atoms with Crippen LogP contribution in [0, 0.1) is 13.8 Å². The van der Waals surface area contributed by atoms with Crippen molar-refractivity contribution in [2.75, 3.05) is 16.4 Å². The number of carbonyl (C=O) groups excluding carboxylic acids is 1. The predicted octanol–water partition coefficient (Wildman–Crippen LogP) is 3.54. The average molecular weight is 429 g/mol. The molecule has 2 aromatic rings. The lowest BCUT2D eigenvalue weighted by Gasteiger charge is -2.26. The third kappa shape index (κ3) is 4.26. The number of sulfone groups is 1. The highest BCUT2D eigenvalue weighted by atomic mass is 32.2. The van der Waals surface area contributed by atoms with Crippen molar-refractivity contribution in [2.24, 2.45) is 4.99 Å². The normalized spacial score (nSPS) is 24.1. The van der Waals surface area contributed by atoms with Crippen molar-refractivity contribution in [2.45, 2.75) is 38.0 Å². The molecule has 2 fully saturated rings. The molecule has 0 N–H and O–H groups in total. The van der Waals surface area contributed by atoms with E-state index >= 15 is 0 Å². The van der Waals surface area contributed by atoms with Crippen LogP contribution in [0.2, 0.25) is 0 Å². The van der Waals surface area contributed by atoms with E-state index < -0.39 is 9.84 Å². The predicted molar refractivity (Wildman–Crippen MR) is 119 cm³/mol. The van der Waals surface area contributed by atoms with Gasteiger partial charge >= 0.3 is 0 Å². The highest BCUT2D eigenvalue weighted by Crippen LogP contribution is 2.42. The lowest BCUT2D eigenvalue weighted by Crippen LogP contribution is -2.38. The highest BCUT2D eigenvalue weighted by Gasteiger charge is 2.49. The standard InChI is InChI=1S/C22H24N2O3S2/c1-15-7-6-10-18(16(15)2)24-19-13-29(26,27)14-20(19)28-22(24)23-21(25)12-11-17-8-4-3-5-9-17/h3-10,19-20H,11-14H2,1-2H3. The van der Waals surface area contributed by atoms with Gasteiger partial charge in [0.25, 0.3) is 0 Å². The van der Waals surface area contributed by atoms with Crippen LogP contribution in [-0.4, -0.2) is 42.3 Å². The van der Waals surface area contributed by atoms with Crippen molar-refractivity contribution in [3.05, 3.63) is 65.2 Å². The van der Waals surface area contributed by atoms with Crippen molar-refractivity contribution in [1.29, 1.82) is 0 Å². The molecule has 0 spiro atoms. The van der Waals surface area contributed by atoms with E-state index in [0.29, 0.717) is 18.0 Å². The van der Waals surface area contributed by atoms with Crippen LogP contribution < -0.4 is 4.90 Å². The first kappa shape index (κ1) is 20.2. The molecule has 0 aromatic heterocycles. The molecule has 2 aliphatic rings. The van der Waals surface area contributed by atoms with E-state index in [1.165, 1.54) is 11.8 Å². The minimum atomic E-state index is -3.07. The van der Waals surface area contributed by atoms with Crippen LogP contribution in [0.5, 0.6) is 0 Å². The van der Waals surface area contributed by atoms with E-state index in [1.807, 2.05) is 67.3 Å². The highest BCUT2D eigenvalue weighted by molar-refractivity contribution is 8.16. The number of aliphatic imine (C=N–C) groups is 1. The van der Waals surface area contributed by atoms with Crippen molar-refractivity contribution in [3.8, 4) is 0 Å². The fourth-order valence-electron chi connectivity index (χ4n) is 3.90. The first-order chi connectivity index (χ1) is 13.8. The van der Waals surface area contributed by atoms with Gasteiger partial charge in [-0.25, -0.2) is 8.42 Å². The second-order valence-corrected chi connectivity index (χ2v) is 11.0. The van der Waals surface area contributed by atoms with E-state index in [4.69, 9.17) is 0 Å². The molecule has 2 unspecified atom stereocenters. The van der Waals surface area contributed by atoms with Gasteiger partial charge in [0.2, 0.25) is 5.91 Å². The summed E-state index contributed by atoms with van der Waals surface area (Å²) in [7, 11) is -3.07. The summed E-state index contributed by atoms with van der Waals surface area (Å²) in [6, 6.07) is 15.7. The molecule has 0 radical (unpaired) electrons. The number of fused-ring (bicyclic) bond motifs is 1. The summed E-state index contributed by atoms with van der Waals surface area (Å²) in [4.78, 5) is 19.0. The molecule has 0 bridgehead atoms. The quantitative estimate of drug-likeness (QED) is 0.745. The number of rotatable bonds is 4. The molecule has 2 heterocycles. The van der Waals surface area contributed by atoms with E-state index in [0.717, 1.165) is 22.4 Å². The molecule has 7 heteroatoms. The second-order valence-electron chi connectivity index (χ2n) is 7.66. The second kappa shape index (κ2) is 7.95. The van der Waals surface area contributed by atoms with E-state index in [2.05, 4.69) is 4.99 Å². The van der Waals surface area contributed by atoms with E-state index in [1.54, 1.807) is 0 Å². The van der Waals surface area contributed by atoms with Crippen LogP contribution in [0.25, 0.3) is 0 Å². The van der Waals surface area contributed by atoms with Crippen molar-refractivity contribution >= 4 is 38.4 Å². The number of amides is 1. The minimum absolute atomic E-state index is 0.0828. The monoisotopic (exact) mass is 428 g/mol. The number of anilines is 1. The van der Waals surface area contributed by atoms with Crippen LogP contribution in [0.4, 0.5) is 5.69 Å². The molecule has 2 saturated heterocycles. The molecular weight excluding hydrogens is 404 g/mol. The summed E-state index contributed by atoms with van der Waals surface area (Å²) in [6.07, 6.45) is 0.980. The third-order valence-corrected chi connectivity index (χ3v) is 8.80. The fraction of sp³-hybridized carbons (Fsp3) is 0.364. The lowest BCUT2D eigenvalue weighted by molar-refractivity contribution is -0.117. The minimum Gasteiger partial charge on any atom is -0.315 e. The number of amidine groups is 1. The van der Waals surface area contributed by atoms with Gasteiger partial charge in [0.05, 0.1) is 17.5 Å². The number of nitrogens with zero attached hydrogens (tertiary/aromatic N) is 2. The molecule has 5 nitrogen and oxygen atoms in total. The zero-order chi connectivity index (χ0) is 20.6. The molecule has 0 saturated carbocycles. The number of benzene rings is 2. The lowest BCUT2D eigenvalue weighted by atomic mass is 10.1. The molecular formula is C22H24N2O3S2. The Balaban J connectivity index is 1.62. The summed E-state index contributed by atoms with van der Waals surface area (Å²) < 4.78 is 24.4. The van der Waals surface area contributed by atoms with Gasteiger partial charge in [-0.2, -0.15) is 4.99 Å². The van der Waals surface area contributed by atoms with Gasteiger partial charge in [-0.1, -0.05) is 54.2 Å². The zero-order valence-electron chi connectivity index (χ0n) is 16.5. The van der Waals surface area contributed by atoms with Gasteiger partial charge in [0.15, 0.2) is 15.0 Å². The summed E-state index contributed by atoms with van der Waals surface area (Å²) in [5.41, 5.74) is 4.26. The third-order valence-electron chi connectivity index (χ3n) is 5.59. The Morgan fingerprint density at radius 1 is 1.10 bits per heavy atom. The Morgan fingerprint density at radius 2 is 1.86 bits per heavy atom. The van der Waals surface area contributed by atoms with Gasteiger partial charge in [0, 0.05) is 17.4 Å². The van der Waals surface area contributed by atoms with Gasteiger partial charge in [0.1, 0.15) is 0 Å². The van der Waals surface area contributed by atoms with E-state index in [9.17, 15) is 13.2 Å². The molecule has 0 aliphatic carbocycles. The molecule has 152 valence electrons. The van der Waals surface area contributed by atoms with Crippen molar-refractivity contribution < 1.29 is 13.2 Å². The van der Waals surface area contributed by atoms with Gasteiger partial charge < -0.3 is 4.90 Å². The molecule has 4 rings (SSSR count). The van der Waals surface area contributed by atoms with Crippen LogP contribution in [0.1, 0.15) is 23.1 Å². The maximum atomic E-state index is 12.6. The Kier molecular flexibility index (Phi) is 5.53. The summed E-state index contributed by atoms with van der Waals surface area (Å²) in [6.45, 7) is 4.06. The van der Waals surface area contributed by atoms with Crippen LogP contribution in [0.3, 0.4) is 0 Å². The first-order valence-corrected chi connectivity index (χ1v) is 12.4. The Hall–Kier alpha value is -2.12. The SMILES string of the molecule is Cc1cccc(N2C(=NC(=O)CCc3ccccc3)SC3CS(=O)(=O)CC32)c1C. The summed E-state index contributed by atoms with van der Waals surface area (Å²) in [5.74, 6) is 0.0745. The van der Waals surface area contributed by atoms with Crippen molar-refractivity contribution in [3.63, 3.8) is 0 Å². The van der Waals surface area contributed by atoms with Crippen LogP contribution >= 0.6 is 11.8 Å². The van der Waals surface area contributed by atoms with Gasteiger partial charge in [-0.05, 0) is 43.0 Å². The topological polar surface area (TPSA) is 66.8 Å². The molecule has 2 aliphatic heterocycles. The largest absolute Gasteiger partial charge is 0.315 e. The molecule has 2 aromatic carbocycles. The molecule has 29 heavy (non-hydrogen) atoms. The van der Waals surface area contributed by atoms with Crippen LogP contribution in [-0.2, 0) is 21.1 Å². The Bertz CT molecular complexity index is 1060. The zero-order valence-corrected chi connectivity index (χ0v) is 18.2. The number of hydrogen-bond acceptors (Lipinski definition) is 4. The Morgan fingerprint density at radius 3 is 2.62 bits per heavy atom. The fourth-order valence-corrected chi connectivity index (χ4v) is 7.83. The smallest absolute Gasteiger partial charge is 0.248 e. The molecule has 1 amide bonds. The van der Waals surface area contributed by atoms with E-state index in [-0.39, 0.29) is 28.7 Å². The maximum absolute atomic E-state index is 12.6. The van der Waals surface area contributed by atoms with Gasteiger partial charge in [-0.15, -0.1) is 0 Å². The first-order valence-electron chi connectivity index (χ1n) is 9.72. The number of aryl methyl sites for hydroxylation is 2. The van der Waals surface area contributed by atoms with Gasteiger partial charge in [-0.3, -0.25) is 4.79 Å². The maximum Gasteiger partial charge on any atom is 0.248 e. The number of hydrogen-bond donors (Lipinski definition) is 0. The van der Waals surface area contributed by atoms with Crippen LogP contribution in [0.15, 0.2) is 53.5 Å². The molecule has 2 atom stereocenters.